The highest BCUT2D eigenvalue weighted by Crippen LogP contribution is 2.15. The van der Waals surface area contributed by atoms with Gasteiger partial charge in [-0.1, -0.05) is 0 Å². The van der Waals surface area contributed by atoms with Crippen LogP contribution in [0.4, 0.5) is 11.6 Å². The normalized spacial score (nSPS) is 15.1. The molecule has 7 heteroatoms. The van der Waals surface area contributed by atoms with Gasteiger partial charge in [0.1, 0.15) is 18.0 Å². The maximum absolute atomic E-state index is 5.37. The minimum Gasteiger partial charge on any atom is -0.378 e. The maximum Gasteiger partial charge on any atom is 0.134 e. The number of hydrogen-bond donors (Lipinski definition) is 1. The van der Waals surface area contributed by atoms with Crippen molar-refractivity contribution in [2.45, 2.75) is 20.4 Å². The first-order chi connectivity index (χ1) is 10.7. The van der Waals surface area contributed by atoms with Gasteiger partial charge in [0.15, 0.2) is 0 Å². The SMILES string of the molecule is Cc1cc(C)n(CCNc2cc(N3CCOCC3)ncn2)n1. The lowest BCUT2D eigenvalue weighted by atomic mass is 10.4. The van der Waals surface area contributed by atoms with Gasteiger partial charge in [0.25, 0.3) is 0 Å². The Hall–Kier alpha value is -2.15. The van der Waals surface area contributed by atoms with Gasteiger partial charge in [-0.05, 0) is 19.9 Å². The molecule has 0 radical (unpaired) electrons. The van der Waals surface area contributed by atoms with Crippen LogP contribution in [0.3, 0.4) is 0 Å². The Balaban J connectivity index is 1.57. The molecule has 1 aliphatic heterocycles. The van der Waals surface area contributed by atoms with Crippen LogP contribution in [0.25, 0.3) is 0 Å². The number of nitrogens with zero attached hydrogens (tertiary/aromatic N) is 5. The van der Waals surface area contributed by atoms with Crippen LogP contribution in [-0.4, -0.2) is 52.6 Å². The molecule has 118 valence electrons. The second kappa shape index (κ2) is 6.74. The lowest BCUT2D eigenvalue weighted by Gasteiger charge is -2.27. The minimum atomic E-state index is 0.755. The Bertz CT molecular complexity index is 620. The molecule has 2 aromatic heterocycles. The smallest absolute Gasteiger partial charge is 0.134 e. The standard InChI is InChI=1S/C15H22N6O/c1-12-9-13(2)21(19-12)4-3-16-14-10-15(18-11-17-14)20-5-7-22-8-6-20/h9-11H,3-8H2,1-2H3,(H,16,17,18). The van der Waals surface area contributed by atoms with Gasteiger partial charge in [0, 0.05) is 31.4 Å². The largest absolute Gasteiger partial charge is 0.378 e. The van der Waals surface area contributed by atoms with Crippen molar-refractivity contribution in [2.24, 2.45) is 0 Å². The maximum atomic E-state index is 5.37. The summed E-state index contributed by atoms with van der Waals surface area (Å²) in [6.07, 6.45) is 1.61. The molecule has 22 heavy (non-hydrogen) atoms. The summed E-state index contributed by atoms with van der Waals surface area (Å²) in [7, 11) is 0. The molecule has 7 nitrogen and oxygen atoms in total. The van der Waals surface area contributed by atoms with Crippen LogP contribution in [0.2, 0.25) is 0 Å². The zero-order valence-corrected chi connectivity index (χ0v) is 13.1. The Morgan fingerprint density at radius 1 is 1.18 bits per heavy atom. The fraction of sp³-hybridized carbons (Fsp3) is 0.533. The molecule has 0 unspecified atom stereocenters. The average molecular weight is 302 g/mol. The topological polar surface area (TPSA) is 68.1 Å². The zero-order valence-electron chi connectivity index (χ0n) is 13.1. The van der Waals surface area contributed by atoms with Crippen molar-refractivity contribution in [2.75, 3.05) is 43.1 Å². The predicted octanol–water partition coefficient (Wildman–Crippen LogP) is 1.24. The Morgan fingerprint density at radius 2 is 2.00 bits per heavy atom. The molecule has 1 aliphatic rings. The van der Waals surface area contributed by atoms with E-state index in [1.54, 1.807) is 6.33 Å². The number of hydrogen-bond acceptors (Lipinski definition) is 6. The van der Waals surface area contributed by atoms with Gasteiger partial charge < -0.3 is 15.0 Å². The van der Waals surface area contributed by atoms with E-state index in [2.05, 4.69) is 38.3 Å². The van der Waals surface area contributed by atoms with Crippen LogP contribution < -0.4 is 10.2 Å². The van der Waals surface area contributed by atoms with E-state index >= 15 is 0 Å². The molecule has 1 fully saturated rings. The Kier molecular flexibility index (Phi) is 4.53. The first-order valence-electron chi connectivity index (χ1n) is 7.62. The molecular formula is C15H22N6O. The van der Waals surface area contributed by atoms with Gasteiger partial charge >= 0.3 is 0 Å². The Morgan fingerprint density at radius 3 is 2.73 bits per heavy atom. The third-order valence-corrected chi connectivity index (χ3v) is 3.72. The van der Waals surface area contributed by atoms with Crippen molar-refractivity contribution >= 4 is 11.6 Å². The molecule has 0 saturated carbocycles. The van der Waals surface area contributed by atoms with Gasteiger partial charge in [0.2, 0.25) is 0 Å². The summed E-state index contributed by atoms with van der Waals surface area (Å²) in [5, 5.41) is 7.79. The van der Waals surface area contributed by atoms with Crippen LogP contribution in [-0.2, 0) is 11.3 Å². The summed E-state index contributed by atoms with van der Waals surface area (Å²) < 4.78 is 7.37. The third kappa shape index (κ3) is 3.54. The molecule has 0 aliphatic carbocycles. The summed E-state index contributed by atoms with van der Waals surface area (Å²) in [4.78, 5) is 10.9. The second-order valence-corrected chi connectivity index (χ2v) is 5.44. The van der Waals surface area contributed by atoms with Crippen LogP contribution in [0.1, 0.15) is 11.4 Å². The molecule has 1 N–H and O–H groups in total. The van der Waals surface area contributed by atoms with Gasteiger partial charge in [-0.25, -0.2) is 9.97 Å². The lowest BCUT2D eigenvalue weighted by molar-refractivity contribution is 0.122. The van der Waals surface area contributed by atoms with Crippen molar-refractivity contribution in [1.29, 1.82) is 0 Å². The molecule has 3 heterocycles. The lowest BCUT2D eigenvalue weighted by Crippen LogP contribution is -2.36. The Labute approximate surface area is 130 Å². The fourth-order valence-corrected chi connectivity index (χ4v) is 2.60. The van der Waals surface area contributed by atoms with Crippen molar-refractivity contribution in [3.05, 3.63) is 29.8 Å². The molecule has 0 aromatic carbocycles. The van der Waals surface area contributed by atoms with E-state index in [-0.39, 0.29) is 0 Å². The number of ether oxygens (including phenoxy) is 1. The van der Waals surface area contributed by atoms with E-state index in [9.17, 15) is 0 Å². The van der Waals surface area contributed by atoms with Gasteiger partial charge in [-0.15, -0.1) is 0 Å². The third-order valence-electron chi connectivity index (χ3n) is 3.72. The number of aromatic nitrogens is 4. The predicted molar refractivity (Wildman–Crippen MR) is 85.3 cm³/mol. The summed E-state index contributed by atoms with van der Waals surface area (Å²) in [5.74, 6) is 1.80. The van der Waals surface area contributed by atoms with Crippen LogP contribution >= 0.6 is 0 Å². The molecule has 1 saturated heterocycles. The van der Waals surface area contributed by atoms with Crippen LogP contribution in [0.5, 0.6) is 0 Å². The molecular weight excluding hydrogens is 280 g/mol. The monoisotopic (exact) mass is 302 g/mol. The molecule has 2 aromatic rings. The highest BCUT2D eigenvalue weighted by molar-refractivity contribution is 5.48. The number of anilines is 2. The van der Waals surface area contributed by atoms with Gasteiger partial charge in [-0.3, -0.25) is 4.68 Å². The molecule has 0 spiro atoms. The van der Waals surface area contributed by atoms with Crippen LogP contribution in [0.15, 0.2) is 18.5 Å². The average Bonchev–Trinajstić information content (AvgIpc) is 2.86. The zero-order chi connectivity index (χ0) is 15.4. The van der Waals surface area contributed by atoms with Gasteiger partial charge in [0.05, 0.1) is 25.5 Å². The molecule has 0 amide bonds. The highest BCUT2D eigenvalue weighted by Gasteiger charge is 2.12. The van der Waals surface area contributed by atoms with E-state index in [0.29, 0.717) is 0 Å². The van der Waals surface area contributed by atoms with Crippen LogP contribution in [0, 0.1) is 13.8 Å². The molecule has 3 rings (SSSR count). The number of rotatable bonds is 5. The first kappa shape index (κ1) is 14.8. The van der Waals surface area contributed by atoms with Crippen molar-refractivity contribution < 1.29 is 4.74 Å². The fourth-order valence-electron chi connectivity index (χ4n) is 2.60. The summed E-state index contributed by atoms with van der Waals surface area (Å²) in [6.45, 7) is 8.94. The van der Waals surface area contributed by atoms with E-state index in [1.165, 1.54) is 5.69 Å². The summed E-state index contributed by atoms with van der Waals surface area (Å²) in [5.41, 5.74) is 2.23. The van der Waals surface area contributed by atoms with E-state index in [0.717, 1.165) is 56.7 Å². The quantitative estimate of drug-likeness (QED) is 0.896. The van der Waals surface area contributed by atoms with E-state index in [4.69, 9.17) is 4.74 Å². The highest BCUT2D eigenvalue weighted by atomic mass is 16.5. The molecule has 0 atom stereocenters. The number of aryl methyl sites for hydroxylation is 2. The van der Waals surface area contributed by atoms with E-state index < -0.39 is 0 Å². The van der Waals surface area contributed by atoms with Crippen molar-refractivity contribution in [3.63, 3.8) is 0 Å². The van der Waals surface area contributed by atoms with Crippen molar-refractivity contribution in [1.82, 2.24) is 19.7 Å². The van der Waals surface area contributed by atoms with Crippen molar-refractivity contribution in [3.8, 4) is 0 Å². The minimum absolute atomic E-state index is 0.755. The number of morpholine rings is 1. The number of nitrogens with one attached hydrogen (secondary N) is 1. The first-order valence-corrected chi connectivity index (χ1v) is 7.62. The summed E-state index contributed by atoms with van der Waals surface area (Å²) >= 11 is 0. The van der Waals surface area contributed by atoms with Gasteiger partial charge in [-0.2, -0.15) is 5.10 Å². The second-order valence-electron chi connectivity index (χ2n) is 5.44. The molecule has 0 bridgehead atoms. The van der Waals surface area contributed by atoms with E-state index in [1.807, 2.05) is 17.7 Å². The summed E-state index contributed by atoms with van der Waals surface area (Å²) in [6, 6.07) is 4.08.